The average Bonchev–Trinajstić information content (AvgIpc) is 3.30. The average molecular weight is 414 g/mol. The topological polar surface area (TPSA) is 68.2 Å². The summed E-state index contributed by atoms with van der Waals surface area (Å²) < 4.78 is 0. The number of carbonyl (C=O) groups excluding carboxylic acids is 2. The second kappa shape index (κ2) is 10.6. The second-order valence-electron chi connectivity index (χ2n) is 8.06. The summed E-state index contributed by atoms with van der Waals surface area (Å²) in [5.74, 6) is 0.578. The smallest absolute Gasteiger partial charge is 0.261 e. The molecular weight excluding hydrogens is 378 g/mol. The molecule has 2 amide bonds. The van der Waals surface area contributed by atoms with Crippen LogP contribution >= 0.6 is 0 Å². The Morgan fingerprint density at radius 2 is 1.87 bits per heavy atom. The van der Waals surface area contributed by atoms with Gasteiger partial charge in [0.1, 0.15) is 0 Å². The van der Waals surface area contributed by atoms with Gasteiger partial charge in [-0.2, -0.15) is 0 Å². The van der Waals surface area contributed by atoms with Gasteiger partial charge in [-0.25, -0.2) is 0 Å². The first-order chi connectivity index (χ1) is 14.6. The fraction of sp³-hybridized carbons (Fsp3) is 0.609. The summed E-state index contributed by atoms with van der Waals surface area (Å²) in [7, 11) is 2.10. The van der Waals surface area contributed by atoms with Gasteiger partial charge in [0.05, 0.1) is 11.1 Å². The maximum Gasteiger partial charge on any atom is 0.261 e. The van der Waals surface area contributed by atoms with Crippen LogP contribution in [0.5, 0.6) is 0 Å². The fourth-order valence-corrected chi connectivity index (χ4v) is 4.40. The lowest BCUT2D eigenvalue weighted by atomic mass is 10.1. The number of hydrogen-bond acceptors (Lipinski definition) is 4. The van der Waals surface area contributed by atoms with Crippen molar-refractivity contribution < 1.29 is 9.59 Å². The number of likely N-dealkylation sites (tertiary alicyclic amines) is 1. The molecule has 164 valence electrons. The monoisotopic (exact) mass is 413 g/mol. The molecule has 7 heteroatoms. The van der Waals surface area contributed by atoms with E-state index in [0.717, 1.165) is 38.4 Å². The Morgan fingerprint density at radius 3 is 2.50 bits per heavy atom. The number of aliphatic imine (C=N–C) groups is 1. The van der Waals surface area contributed by atoms with Gasteiger partial charge in [0.2, 0.25) is 0 Å². The van der Waals surface area contributed by atoms with Crippen LogP contribution in [0.25, 0.3) is 0 Å². The number of likely N-dealkylation sites (N-methyl/N-ethyl adjacent to an activating group) is 2. The first-order valence-corrected chi connectivity index (χ1v) is 11.3. The van der Waals surface area contributed by atoms with Gasteiger partial charge in [0, 0.05) is 39.3 Å². The van der Waals surface area contributed by atoms with E-state index in [1.54, 1.807) is 24.3 Å². The van der Waals surface area contributed by atoms with Crippen LogP contribution in [-0.2, 0) is 0 Å². The predicted octanol–water partition coefficient (Wildman–Crippen LogP) is 2.44. The summed E-state index contributed by atoms with van der Waals surface area (Å²) in [5.41, 5.74) is 1.04. The fourth-order valence-electron chi connectivity index (χ4n) is 4.40. The highest BCUT2D eigenvalue weighted by atomic mass is 16.2. The van der Waals surface area contributed by atoms with Gasteiger partial charge in [-0.1, -0.05) is 19.1 Å². The quantitative estimate of drug-likeness (QED) is 0.291. The van der Waals surface area contributed by atoms with Crippen molar-refractivity contribution in [2.24, 2.45) is 4.99 Å². The van der Waals surface area contributed by atoms with E-state index in [9.17, 15) is 9.59 Å². The van der Waals surface area contributed by atoms with Crippen molar-refractivity contribution in [1.29, 1.82) is 0 Å². The summed E-state index contributed by atoms with van der Waals surface area (Å²) >= 11 is 0. The van der Waals surface area contributed by atoms with Crippen LogP contribution < -0.4 is 5.32 Å². The molecule has 1 aromatic carbocycles. The lowest BCUT2D eigenvalue weighted by Gasteiger charge is -2.29. The number of benzene rings is 1. The Kier molecular flexibility index (Phi) is 7.85. The molecule has 0 aliphatic carbocycles. The summed E-state index contributed by atoms with van der Waals surface area (Å²) in [6.07, 6.45) is 4.11. The Morgan fingerprint density at radius 1 is 1.17 bits per heavy atom. The number of unbranched alkanes of at least 4 members (excludes halogenated alkanes) is 1. The number of fused-ring (bicyclic) bond motifs is 1. The van der Waals surface area contributed by atoms with Crippen molar-refractivity contribution in [1.82, 2.24) is 20.0 Å². The van der Waals surface area contributed by atoms with E-state index >= 15 is 0 Å². The van der Waals surface area contributed by atoms with E-state index in [1.165, 1.54) is 24.3 Å². The predicted molar refractivity (Wildman–Crippen MR) is 120 cm³/mol. The van der Waals surface area contributed by atoms with E-state index in [4.69, 9.17) is 4.99 Å². The standard InChI is InChI=1S/C23H35N5O2/c1-4-24-23(26(3)17-18-11-10-15-27(18)5-2)25-14-8-9-16-28-21(29)19-12-6-7-13-20(19)22(28)30/h6-7,12-13,18H,4-5,8-11,14-17H2,1-3H3,(H,24,25). The van der Waals surface area contributed by atoms with Gasteiger partial charge in [-0.05, 0) is 57.8 Å². The number of hydrogen-bond donors (Lipinski definition) is 1. The Bertz CT molecular complexity index is 744. The molecule has 2 aliphatic heterocycles. The zero-order valence-corrected chi connectivity index (χ0v) is 18.6. The van der Waals surface area contributed by atoms with Gasteiger partial charge >= 0.3 is 0 Å². The molecule has 0 aromatic heterocycles. The van der Waals surface area contributed by atoms with Crippen molar-refractivity contribution in [3.05, 3.63) is 35.4 Å². The highest BCUT2D eigenvalue weighted by Gasteiger charge is 2.34. The molecule has 1 fully saturated rings. The van der Waals surface area contributed by atoms with Crippen LogP contribution in [0, 0.1) is 0 Å². The van der Waals surface area contributed by atoms with Gasteiger partial charge in [-0.3, -0.25) is 24.4 Å². The summed E-state index contributed by atoms with van der Waals surface area (Å²) in [4.78, 5) is 35.8. The van der Waals surface area contributed by atoms with Crippen LogP contribution in [0.2, 0.25) is 0 Å². The molecule has 0 spiro atoms. The molecule has 0 saturated carbocycles. The van der Waals surface area contributed by atoms with Gasteiger partial charge < -0.3 is 10.2 Å². The molecule has 0 radical (unpaired) electrons. The molecule has 1 N–H and O–H groups in total. The lowest BCUT2D eigenvalue weighted by Crippen LogP contribution is -2.46. The van der Waals surface area contributed by atoms with Crippen LogP contribution in [0.15, 0.2) is 29.3 Å². The Balaban J connectivity index is 1.47. The van der Waals surface area contributed by atoms with Crippen LogP contribution in [-0.4, -0.2) is 84.8 Å². The minimum Gasteiger partial charge on any atom is -0.357 e. The number of nitrogens with one attached hydrogen (secondary N) is 1. The molecule has 0 bridgehead atoms. The molecule has 1 atom stereocenters. The molecule has 1 unspecified atom stereocenters. The molecule has 3 rings (SSSR count). The van der Waals surface area contributed by atoms with E-state index < -0.39 is 0 Å². The maximum atomic E-state index is 12.4. The van der Waals surface area contributed by atoms with Crippen molar-refractivity contribution in [2.45, 2.75) is 45.6 Å². The maximum absolute atomic E-state index is 12.4. The number of rotatable bonds is 9. The number of nitrogens with zero attached hydrogens (tertiary/aromatic N) is 4. The summed E-state index contributed by atoms with van der Waals surface area (Å²) in [6, 6.07) is 7.64. The minimum atomic E-state index is -0.177. The summed E-state index contributed by atoms with van der Waals surface area (Å²) in [6.45, 7) is 9.55. The summed E-state index contributed by atoms with van der Waals surface area (Å²) in [5, 5.41) is 3.39. The van der Waals surface area contributed by atoms with E-state index in [1.807, 2.05) is 0 Å². The lowest BCUT2D eigenvalue weighted by molar-refractivity contribution is 0.0652. The zero-order valence-electron chi connectivity index (χ0n) is 18.6. The molecule has 2 heterocycles. The van der Waals surface area contributed by atoms with Crippen molar-refractivity contribution in [2.75, 3.05) is 46.3 Å². The highest BCUT2D eigenvalue weighted by Crippen LogP contribution is 2.22. The zero-order chi connectivity index (χ0) is 21.5. The normalized spacial score (nSPS) is 19.5. The van der Waals surface area contributed by atoms with Crippen LogP contribution in [0.3, 0.4) is 0 Å². The SMILES string of the molecule is CCNC(=NCCCCN1C(=O)c2ccccc2C1=O)N(C)CC1CCCN1CC. The van der Waals surface area contributed by atoms with E-state index in [-0.39, 0.29) is 11.8 Å². The van der Waals surface area contributed by atoms with Gasteiger partial charge in [0.15, 0.2) is 5.96 Å². The number of guanidine groups is 1. The molecule has 1 saturated heterocycles. The Labute approximate surface area is 180 Å². The van der Waals surface area contributed by atoms with Gasteiger partial charge in [-0.15, -0.1) is 0 Å². The van der Waals surface area contributed by atoms with Crippen LogP contribution in [0.1, 0.15) is 60.2 Å². The number of imide groups is 1. The molecule has 2 aliphatic rings. The van der Waals surface area contributed by atoms with Gasteiger partial charge in [0.25, 0.3) is 11.8 Å². The third-order valence-electron chi connectivity index (χ3n) is 6.02. The van der Waals surface area contributed by atoms with E-state index in [2.05, 4.69) is 36.0 Å². The second-order valence-corrected chi connectivity index (χ2v) is 8.06. The van der Waals surface area contributed by atoms with Crippen molar-refractivity contribution >= 4 is 17.8 Å². The number of amides is 2. The minimum absolute atomic E-state index is 0.177. The first kappa shape index (κ1) is 22.3. The third kappa shape index (κ3) is 5.01. The highest BCUT2D eigenvalue weighted by molar-refractivity contribution is 6.21. The van der Waals surface area contributed by atoms with Crippen molar-refractivity contribution in [3.63, 3.8) is 0 Å². The molecule has 7 nitrogen and oxygen atoms in total. The van der Waals surface area contributed by atoms with E-state index in [0.29, 0.717) is 30.3 Å². The third-order valence-corrected chi connectivity index (χ3v) is 6.02. The molecule has 1 aromatic rings. The molecular formula is C23H35N5O2. The largest absolute Gasteiger partial charge is 0.357 e. The van der Waals surface area contributed by atoms with Crippen LogP contribution in [0.4, 0.5) is 0 Å². The number of carbonyl (C=O) groups is 2. The Hall–Kier alpha value is -2.41. The molecule has 30 heavy (non-hydrogen) atoms. The van der Waals surface area contributed by atoms with Crippen molar-refractivity contribution in [3.8, 4) is 0 Å². The first-order valence-electron chi connectivity index (χ1n) is 11.3.